The first-order valence-corrected chi connectivity index (χ1v) is 34.6. The summed E-state index contributed by atoms with van der Waals surface area (Å²) in [7, 11) is 0. The zero-order valence-corrected chi connectivity index (χ0v) is 51.5. The van der Waals surface area contributed by atoms with Crippen molar-refractivity contribution in [3.05, 3.63) is 24.3 Å². The van der Waals surface area contributed by atoms with Gasteiger partial charge in [-0.3, -0.25) is 9.59 Å². The van der Waals surface area contributed by atoms with Crippen LogP contribution in [0.4, 0.5) is 0 Å². The lowest BCUT2D eigenvalue weighted by Gasteiger charge is -2.22. The number of esters is 1. The fraction of sp³-hybridized carbons (Fsp3) is 0.914. The predicted molar refractivity (Wildman–Crippen MR) is 333 cm³/mol. The third kappa shape index (κ3) is 61.6. The topological polar surface area (TPSA) is 95.9 Å². The molecule has 3 N–H and O–H groups in total. The minimum atomic E-state index is -0.670. The minimum Gasteiger partial charge on any atom is -0.466 e. The van der Waals surface area contributed by atoms with Crippen LogP contribution in [-0.4, -0.2) is 47.4 Å². The Balaban J connectivity index is 3.42. The van der Waals surface area contributed by atoms with E-state index >= 15 is 0 Å². The van der Waals surface area contributed by atoms with Crippen LogP contribution in [0, 0.1) is 0 Å². The summed E-state index contributed by atoms with van der Waals surface area (Å²) in [5, 5.41) is 23.4. The van der Waals surface area contributed by atoms with Gasteiger partial charge in [0.05, 0.1) is 25.4 Å². The number of hydrogen-bond acceptors (Lipinski definition) is 5. The second kappa shape index (κ2) is 65.9. The molecule has 0 saturated carbocycles. The Kier molecular flexibility index (Phi) is 64.4. The fourth-order valence-corrected chi connectivity index (χ4v) is 10.9. The molecule has 450 valence electrons. The number of aliphatic hydroxyl groups is 2. The van der Waals surface area contributed by atoms with Crippen LogP contribution in [0.2, 0.25) is 0 Å². The number of amides is 1. The van der Waals surface area contributed by atoms with Gasteiger partial charge in [-0.2, -0.15) is 0 Å². The molecule has 6 heteroatoms. The second-order valence-electron chi connectivity index (χ2n) is 23.9. The van der Waals surface area contributed by atoms with Crippen LogP contribution in [0.15, 0.2) is 24.3 Å². The van der Waals surface area contributed by atoms with Gasteiger partial charge in [-0.15, -0.1) is 0 Å². The Morgan fingerprint density at radius 3 is 0.961 bits per heavy atom. The molecule has 1 amide bonds. The molecule has 0 aromatic heterocycles. The summed E-state index contributed by atoms with van der Waals surface area (Å²) in [6.07, 6.45) is 82.2. The number of rotatable bonds is 65. The lowest BCUT2D eigenvalue weighted by molar-refractivity contribution is -0.143. The summed E-state index contributed by atoms with van der Waals surface area (Å²) in [5.74, 6) is -0.0368. The molecule has 0 aliphatic carbocycles. The highest BCUT2D eigenvalue weighted by Gasteiger charge is 2.20. The molecule has 76 heavy (non-hydrogen) atoms. The van der Waals surface area contributed by atoms with Gasteiger partial charge >= 0.3 is 5.97 Å². The largest absolute Gasteiger partial charge is 0.466 e. The molecule has 0 aliphatic heterocycles. The van der Waals surface area contributed by atoms with Gasteiger partial charge in [-0.25, -0.2) is 0 Å². The van der Waals surface area contributed by atoms with Gasteiger partial charge in [0.15, 0.2) is 0 Å². The van der Waals surface area contributed by atoms with Gasteiger partial charge in [0.2, 0.25) is 5.91 Å². The molecule has 0 aromatic carbocycles. The molecule has 6 nitrogen and oxygen atoms in total. The highest BCUT2D eigenvalue weighted by Crippen LogP contribution is 2.19. The monoisotopic (exact) mass is 1070 g/mol. The van der Waals surface area contributed by atoms with E-state index in [4.69, 9.17) is 4.74 Å². The Bertz CT molecular complexity index is 1190. The van der Waals surface area contributed by atoms with Crippen molar-refractivity contribution < 1.29 is 24.5 Å². The summed E-state index contributed by atoms with van der Waals surface area (Å²) >= 11 is 0. The Morgan fingerprint density at radius 1 is 0.355 bits per heavy atom. The van der Waals surface area contributed by atoms with Crippen LogP contribution in [-0.2, 0) is 14.3 Å². The quantitative estimate of drug-likeness (QED) is 0.0320. The lowest BCUT2D eigenvalue weighted by atomic mass is 10.0. The summed E-state index contributed by atoms with van der Waals surface area (Å²) in [6, 6.07) is -0.548. The molecule has 0 bridgehead atoms. The van der Waals surface area contributed by atoms with E-state index in [1.165, 1.54) is 308 Å². The van der Waals surface area contributed by atoms with Crippen molar-refractivity contribution in [3.63, 3.8) is 0 Å². The Morgan fingerprint density at radius 2 is 0.618 bits per heavy atom. The van der Waals surface area contributed by atoms with E-state index in [2.05, 4.69) is 43.5 Å². The third-order valence-corrected chi connectivity index (χ3v) is 16.2. The van der Waals surface area contributed by atoms with Crippen LogP contribution in [0.3, 0.4) is 0 Å². The first-order valence-electron chi connectivity index (χ1n) is 34.6. The average molecular weight is 1070 g/mol. The van der Waals surface area contributed by atoms with Crippen molar-refractivity contribution in [3.8, 4) is 0 Å². The molecular formula is C70H135NO5. The molecule has 0 rings (SSSR count). The molecule has 2 unspecified atom stereocenters. The van der Waals surface area contributed by atoms with Crippen molar-refractivity contribution in [1.29, 1.82) is 0 Å². The summed E-state index contributed by atoms with van der Waals surface area (Å²) in [5.41, 5.74) is 0. The van der Waals surface area contributed by atoms with E-state index in [-0.39, 0.29) is 18.5 Å². The van der Waals surface area contributed by atoms with Crippen LogP contribution in [0.5, 0.6) is 0 Å². The Hall–Kier alpha value is -1.66. The molecule has 0 heterocycles. The van der Waals surface area contributed by atoms with Crippen LogP contribution in [0.1, 0.15) is 386 Å². The van der Waals surface area contributed by atoms with Gasteiger partial charge in [-0.1, -0.05) is 321 Å². The van der Waals surface area contributed by atoms with Gasteiger partial charge < -0.3 is 20.3 Å². The smallest absolute Gasteiger partial charge is 0.305 e. The second-order valence-corrected chi connectivity index (χ2v) is 23.9. The molecule has 0 aliphatic rings. The number of allylic oxidation sites excluding steroid dienone is 4. The molecular weight excluding hydrogens is 935 g/mol. The maximum Gasteiger partial charge on any atom is 0.305 e. The summed E-state index contributed by atoms with van der Waals surface area (Å²) < 4.78 is 5.47. The third-order valence-electron chi connectivity index (χ3n) is 16.2. The molecule has 0 saturated heterocycles. The van der Waals surface area contributed by atoms with E-state index in [0.717, 1.165) is 44.9 Å². The van der Waals surface area contributed by atoms with Gasteiger partial charge in [0.1, 0.15) is 0 Å². The number of carbonyl (C=O) groups excluding carboxylic acids is 2. The molecule has 0 aromatic rings. The maximum atomic E-state index is 12.5. The van der Waals surface area contributed by atoms with Crippen molar-refractivity contribution in [2.75, 3.05) is 13.2 Å². The van der Waals surface area contributed by atoms with Crippen molar-refractivity contribution in [2.24, 2.45) is 0 Å². The van der Waals surface area contributed by atoms with E-state index in [1.807, 2.05) is 0 Å². The number of hydrogen-bond donors (Lipinski definition) is 3. The highest BCUT2D eigenvalue weighted by atomic mass is 16.5. The summed E-state index contributed by atoms with van der Waals surface area (Å²) in [6.45, 7) is 4.95. The fourth-order valence-electron chi connectivity index (χ4n) is 10.9. The predicted octanol–water partition coefficient (Wildman–Crippen LogP) is 22.1. The standard InChI is InChI=1S/C70H135NO5/c1-3-5-7-9-11-13-15-17-18-19-20-21-22-23-24-27-30-33-36-39-42-46-50-54-58-62-68(73)67(66-72)71-69(74)63-59-55-51-47-43-40-37-34-31-28-25-26-29-32-35-38-41-45-49-53-57-61-65-76-70(75)64-60-56-52-48-44-16-14-12-10-8-6-4-2/h12,14,28,31,67-68,72-73H,3-11,13,15-27,29-30,32-66H2,1-2H3,(H,71,74)/b14-12-,31-28-. The number of nitrogens with one attached hydrogen (secondary N) is 1. The SMILES string of the molecule is CCCCC/C=C\CCCCCCCC(=O)OCCCCCCCCCCCCC/C=C\CCCCCCCCCC(=O)NC(CO)C(O)CCCCCCCCCCCCCCCCCCCCCCCCCCC. The van der Waals surface area contributed by atoms with Gasteiger partial charge in [-0.05, 0) is 77.0 Å². The zero-order valence-electron chi connectivity index (χ0n) is 51.5. The number of ether oxygens (including phenoxy) is 1. The number of aliphatic hydroxyl groups excluding tert-OH is 2. The van der Waals surface area contributed by atoms with E-state index in [9.17, 15) is 19.8 Å². The van der Waals surface area contributed by atoms with Crippen LogP contribution >= 0.6 is 0 Å². The first kappa shape index (κ1) is 74.3. The zero-order chi connectivity index (χ0) is 55.0. The van der Waals surface area contributed by atoms with E-state index in [0.29, 0.717) is 25.9 Å². The van der Waals surface area contributed by atoms with E-state index < -0.39 is 12.1 Å². The minimum absolute atomic E-state index is 0.000675. The van der Waals surface area contributed by atoms with Crippen LogP contribution < -0.4 is 5.32 Å². The highest BCUT2D eigenvalue weighted by molar-refractivity contribution is 5.76. The van der Waals surface area contributed by atoms with Gasteiger partial charge in [0.25, 0.3) is 0 Å². The normalized spacial score (nSPS) is 12.6. The summed E-state index contributed by atoms with van der Waals surface area (Å²) in [4.78, 5) is 24.6. The molecule has 0 fully saturated rings. The molecule has 0 spiro atoms. The van der Waals surface area contributed by atoms with Crippen LogP contribution in [0.25, 0.3) is 0 Å². The number of unbranched alkanes of at least 4 members (excludes halogenated alkanes) is 50. The van der Waals surface area contributed by atoms with Gasteiger partial charge in [0, 0.05) is 12.8 Å². The van der Waals surface area contributed by atoms with Crippen molar-refractivity contribution in [1.82, 2.24) is 5.32 Å². The lowest BCUT2D eigenvalue weighted by Crippen LogP contribution is -2.45. The molecule has 2 atom stereocenters. The van der Waals surface area contributed by atoms with E-state index in [1.54, 1.807) is 0 Å². The number of carbonyl (C=O) groups is 2. The molecule has 0 radical (unpaired) electrons. The maximum absolute atomic E-state index is 12.5. The van der Waals surface area contributed by atoms with Crippen molar-refractivity contribution >= 4 is 11.9 Å². The average Bonchev–Trinajstić information content (AvgIpc) is 3.42. The van der Waals surface area contributed by atoms with Crippen molar-refractivity contribution in [2.45, 2.75) is 398 Å². The Labute approximate surface area is 475 Å². The first-order chi connectivity index (χ1) is 37.5.